The van der Waals surface area contributed by atoms with Crippen molar-refractivity contribution in [1.82, 2.24) is 10.6 Å². The Labute approximate surface area is 236 Å². The number of benzene rings is 2. The molecule has 226 valence electrons. The Balaban J connectivity index is 0.000000745. The van der Waals surface area contributed by atoms with Crippen LogP contribution in [0.25, 0.3) is 0 Å². The minimum atomic E-state index is -5.08. The number of nitrogens with one attached hydrogen (secondary N) is 4. The van der Waals surface area contributed by atoms with Crippen molar-refractivity contribution in [2.24, 2.45) is 5.92 Å². The number of aryl methyl sites for hydroxylation is 1. The Morgan fingerprint density at radius 2 is 1.66 bits per heavy atom. The number of piperazine rings is 1. The molecule has 0 radical (unpaired) electrons. The number of sulfonamides is 1. The Bertz CT molecular complexity index is 1360. The third kappa shape index (κ3) is 10.2. The van der Waals surface area contributed by atoms with E-state index in [9.17, 15) is 31.2 Å². The molecule has 41 heavy (non-hydrogen) atoms. The van der Waals surface area contributed by atoms with E-state index in [1.807, 2.05) is 13.8 Å². The maximum Gasteiger partial charge on any atom is 0.490 e. The van der Waals surface area contributed by atoms with Crippen molar-refractivity contribution in [3.63, 3.8) is 0 Å². The monoisotopic (exact) mass is 601 g/mol. The second-order valence-electron chi connectivity index (χ2n) is 9.66. The zero-order valence-electron chi connectivity index (χ0n) is 23.1. The van der Waals surface area contributed by atoms with Gasteiger partial charge in [0, 0.05) is 45.2 Å². The van der Waals surface area contributed by atoms with E-state index in [1.165, 1.54) is 13.0 Å². The predicted molar refractivity (Wildman–Crippen MR) is 149 cm³/mol. The van der Waals surface area contributed by atoms with Gasteiger partial charge in [0.25, 0.3) is 15.9 Å². The fourth-order valence-electron chi connectivity index (χ4n) is 3.68. The topological polar surface area (TPSA) is 157 Å². The lowest BCUT2D eigenvalue weighted by Gasteiger charge is -2.31. The van der Waals surface area contributed by atoms with Crippen molar-refractivity contribution >= 4 is 44.9 Å². The van der Waals surface area contributed by atoms with Gasteiger partial charge in [0.1, 0.15) is 4.90 Å². The molecule has 0 spiro atoms. The Hall–Kier alpha value is -3.85. The van der Waals surface area contributed by atoms with Gasteiger partial charge in [0.15, 0.2) is 0 Å². The highest BCUT2D eigenvalue weighted by Crippen LogP contribution is 2.32. The first kappa shape index (κ1) is 33.4. The number of carboxylic acids is 1. The van der Waals surface area contributed by atoms with E-state index in [0.717, 1.165) is 18.7 Å². The molecular formula is C26H34F3N5O6S. The summed E-state index contributed by atoms with van der Waals surface area (Å²) in [5.74, 6) is -3.11. The van der Waals surface area contributed by atoms with Crippen LogP contribution in [-0.2, 0) is 19.6 Å². The highest BCUT2D eigenvalue weighted by molar-refractivity contribution is 7.93. The summed E-state index contributed by atoms with van der Waals surface area (Å²) in [5, 5.41) is 15.9. The van der Waals surface area contributed by atoms with E-state index in [4.69, 9.17) is 9.90 Å². The van der Waals surface area contributed by atoms with Crippen LogP contribution < -0.4 is 25.6 Å². The maximum absolute atomic E-state index is 13.5. The molecule has 15 heteroatoms. The van der Waals surface area contributed by atoms with Crippen LogP contribution in [0.5, 0.6) is 0 Å². The minimum absolute atomic E-state index is 0.0383. The van der Waals surface area contributed by atoms with Gasteiger partial charge in [0.2, 0.25) is 5.91 Å². The van der Waals surface area contributed by atoms with Crippen LogP contribution in [-0.4, -0.2) is 70.2 Å². The number of hydrogen-bond donors (Lipinski definition) is 5. The predicted octanol–water partition coefficient (Wildman–Crippen LogP) is 3.18. The molecule has 1 saturated heterocycles. The first-order chi connectivity index (χ1) is 19.0. The summed E-state index contributed by atoms with van der Waals surface area (Å²) in [6.07, 6.45) is -5.08. The van der Waals surface area contributed by atoms with E-state index in [0.29, 0.717) is 36.6 Å². The molecule has 0 saturated carbocycles. The molecule has 1 aliphatic heterocycles. The summed E-state index contributed by atoms with van der Waals surface area (Å²) < 4.78 is 61.4. The molecule has 0 aliphatic carbocycles. The zero-order valence-corrected chi connectivity index (χ0v) is 23.9. The smallest absolute Gasteiger partial charge is 0.475 e. The Kier molecular flexibility index (Phi) is 11.5. The number of aliphatic carboxylic acids is 1. The number of amides is 2. The van der Waals surface area contributed by atoms with E-state index < -0.39 is 22.2 Å². The molecular weight excluding hydrogens is 567 g/mol. The van der Waals surface area contributed by atoms with Gasteiger partial charge in [-0.05, 0) is 48.7 Å². The lowest BCUT2D eigenvalue weighted by molar-refractivity contribution is -0.192. The number of halogens is 3. The molecule has 0 aromatic heterocycles. The number of alkyl halides is 3. The van der Waals surface area contributed by atoms with Gasteiger partial charge in [-0.1, -0.05) is 19.9 Å². The highest BCUT2D eigenvalue weighted by Gasteiger charge is 2.38. The summed E-state index contributed by atoms with van der Waals surface area (Å²) in [7, 11) is -4.08. The molecule has 1 aliphatic rings. The molecule has 2 aromatic carbocycles. The van der Waals surface area contributed by atoms with Crippen LogP contribution in [0.1, 0.15) is 36.7 Å². The lowest BCUT2D eigenvalue weighted by Crippen LogP contribution is -2.43. The van der Waals surface area contributed by atoms with Crippen molar-refractivity contribution in [3.8, 4) is 0 Å². The van der Waals surface area contributed by atoms with Crippen LogP contribution in [0.2, 0.25) is 0 Å². The molecule has 0 atom stereocenters. The summed E-state index contributed by atoms with van der Waals surface area (Å²) in [6.45, 7) is 10.6. The second-order valence-corrected chi connectivity index (χ2v) is 11.3. The van der Waals surface area contributed by atoms with Gasteiger partial charge < -0.3 is 26.0 Å². The van der Waals surface area contributed by atoms with Crippen molar-refractivity contribution in [2.45, 2.75) is 38.8 Å². The van der Waals surface area contributed by atoms with Gasteiger partial charge in [-0.15, -0.1) is 0 Å². The minimum Gasteiger partial charge on any atom is -0.475 e. The third-order valence-corrected chi connectivity index (χ3v) is 7.02. The van der Waals surface area contributed by atoms with Crippen LogP contribution >= 0.6 is 0 Å². The fourth-order valence-corrected chi connectivity index (χ4v) is 5.00. The number of carbonyl (C=O) groups is 3. The van der Waals surface area contributed by atoms with Gasteiger partial charge in [-0.3, -0.25) is 14.3 Å². The summed E-state index contributed by atoms with van der Waals surface area (Å²) in [4.78, 5) is 35.3. The third-order valence-electron chi connectivity index (χ3n) is 5.61. The van der Waals surface area contributed by atoms with Crippen LogP contribution in [0.4, 0.5) is 30.2 Å². The van der Waals surface area contributed by atoms with Crippen molar-refractivity contribution < 1.29 is 41.1 Å². The molecule has 5 N–H and O–H groups in total. The average molecular weight is 602 g/mol. The fraction of sp³-hybridized carbons (Fsp3) is 0.423. The number of carbonyl (C=O) groups excluding carboxylic acids is 2. The molecule has 11 nitrogen and oxygen atoms in total. The van der Waals surface area contributed by atoms with Gasteiger partial charge in [-0.2, -0.15) is 13.2 Å². The maximum atomic E-state index is 13.5. The first-order valence-electron chi connectivity index (χ1n) is 12.6. The molecule has 3 rings (SSSR count). The van der Waals surface area contributed by atoms with Gasteiger partial charge in [-0.25, -0.2) is 13.2 Å². The average Bonchev–Trinajstić information content (AvgIpc) is 2.88. The van der Waals surface area contributed by atoms with E-state index in [2.05, 4.69) is 25.6 Å². The number of hydrogen-bond acceptors (Lipinski definition) is 7. The number of anilines is 3. The molecule has 1 fully saturated rings. The number of rotatable bonds is 8. The summed E-state index contributed by atoms with van der Waals surface area (Å²) in [5.41, 5.74) is 2.30. The Morgan fingerprint density at radius 3 is 2.20 bits per heavy atom. The number of carboxylic acid groups (broad SMARTS) is 1. The lowest BCUT2D eigenvalue weighted by atomic mass is 10.1. The number of nitrogens with zero attached hydrogens (tertiary/aromatic N) is 1. The van der Waals surface area contributed by atoms with Crippen LogP contribution in [0.3, 0.4) is 0 Å². The van der Waals surface area contributed by atoms with E-state index in [1.54, 1.807) is 37.3 Å². The summed E-state index contributed by atoms with van der Waals surface area (Å²) in [6, 6.07) is 9.86. The molecule has 2 amide bonds. The van der Waals surface area contributed by atoms with Crippen molar-refractivity contribution in [1.29, 1.82) is 0 Å². The van der Waals surface area contributed by atoms with E-state index in [-0.39, 0.29) is 28.3 Å². The highest BCUT2D eigenvalue weighted by atomic mass is 32.2. The second kappa shape index (κ2) is 14.2. The van der Waals surface area contributed by atoms with Crippen LogP contribution in [0, 0.1) is 12.8 Å². The molecule has 1 heterocycles. The van der Waals surface area contributed by atoms with Crippen molar-refractivity contribution in [3.05, 3.63) is 47.5 Å². The quantitative estimate of drug-likeness (QED) is 0.309. The van der Waals surface area contributed by atoms with Crippen LogP contribution in [0.15, 0.2) is 41.3 Å². The zero-order chi connectivity index (χ0) is 31.0. The largest absolute Gasteiger partial charge is 0.490 e. The normalized spacial score (nSPS) is 13.6. The molecule has 0 unspecified atom stereocenters. The summed E-state index contributed by atoms with van der Waals surface area (Å²) >= 11 is 0. The Morgan fingerprint density at radius 1 is 1.05 bits per heavy atom. The first-order valence-corrected chi connectivity index (χ1v) is 14.1. The van der Waals surface area contributed by atoms with Crippen molar-refractivity contribution in [2.75, 3.05) is 47.7 Å². The van der Waals surface area contributed by atoms with Gasteiger partial charge >= 0.3 is 12.1 Å². The van der Waals surface area contributed by atoms with E-state index >= 15 is 0 Å². The standard InChI is InChI=1S/C24H33N5O4S.C2HF3O2/c1-16(2)15-26-24(31)19-6-8-22(29-11-9-25-10-12-29)21(14-19)28-34(32,33)23-13-17(3)5-7-20(23)27-18(4)30;3-2(4,5)1(6)7/h5-8,13-14,16,25,28H,9-12,15H2,1-4H3,(H,26,31)(H,27,30);(H,6,7). The SMILES string of the molecule is CC(=O)Nc1ccc(C)cc1S(=O)(=O)Nc1cc(C(=O)NCC(C)C)ccc1N1CCNCC1.O=C(O)C(F)(F)F. The molecule has 2 aromatic rings. The molecule has 0 bridgehead atoms. The van der Waals surface area contributed by atoms with Gasteiger partial charge in [0.05, 0.1) is 17.1 Å².